The van der Waals surface area contributed by atoms with Gasteiger partial charge in [0.25, 0.3) is 0 Å². The van der Waals surface area contributed by atoms with Gasteiger partial charge in [0.15, 0.2) is 0 Å². The van der Waals surface area contributed by atoms with Crippen LogP contribution in [-0.4, -0.2) is 14.1 Å². The maximum atomic E-state index is 3.25. The van der Waals surface area contributed by atoms with Crippen LogP contribution in [0.4, 0.5) is 11.4 Å². The molecule has 0 aliphatic carbocycles. The van der Waals surface area contributed by atoms with Crippen LogP contribution in [0.2, 0.25) is 0 Å². The summed E-state index contributed by atoms with van der Waals surface area (Å²) in [5.41, 5.74) is 7.17. The second-order valence-corrected chi connectivity index (χ2v) is 5.17. The van der Waals surface area contributed by atoms with Gasteiger partial charge in [-0.3, -0.25) is 0 Å². The normalized spacial score (nSPS) is 10.3. The van der Waals surface area contributed by atoms with E-state index in [0.29, 0.717) is 0 Å². The van der Waals surface area contributed by atoms with Gasteiger partial charge < -0.3 is 10.6 Å². The number of benzene rings is 3. The van der Waals surface area contributed by atoms with Crippen LogP contribution in [-0.2, 0) is 0 Å². The minimum absolute atomic E-state index is 1.14. The molecule has 0 fully saturated rings. The minimum atomic E-state index is 1.14. The monoisotopic (exact) mass is 288 g/mol. The van der Waals surface area contributed by atoms with Gasteiger partial charge in [0.1, 0.15) is 0 Å². The van der Waals surface area contributed by atoms with Crippen molar-refractivity contribution in [2.75, 3.05) is 24.7 Å². The van der Waals surface area contributed by atoms with Gasteiger partial charge in [-0.1, -0.05) is 60.7 Å². The molecule has 0 aromatic heterocycles. The molecular weight excluding hydrogens is 268 g/mol. The number of nitrogens with one attached hydrogen (secondary N) is 2. The van der Waals surface area contributed by atoms with Crippen molar-refractivity contribution in [3.63, 3.8) is 0 Å². The Bertz CT molecular complexity index is 694. The molecule has 3 rings (SSSR count). The van der Waals surface area contributed by atoms with Gasteiger partial charge >= 0.3 is 0 Å². The topological polar surface area (TPSA) is 24.1 Å². The van der Waals surface area contributed by atoms with E-state index in [4.69, 9.17) is 0 Å². The SMILES string of the molecule is CNc1ccccc1-c1ccc(-c2ccccc2NC)cc1. The molecule has 0 amide bonds. The van der Waals surface area contributed by atoms with Crippen LogP contribution in [0.5, 0.6) is 0 Å². The van der Waals surface area contributed by atoms with Crippen LogP contribution in [0.15, 0.2) is 72.8 Å². The first-order valence-corrected chi connectivity index (χ1v) is 7.48. The van der Waals surface area contributed by atoms with Gasteiger partial charge in [0.2, 0.25) is 0 Å². The van der Waals surface area contributed by atoms with E-state index in [1.165, 1.54) is 22.3 Å². The maximum Gasteiger partial charge on any atom is 0.0417 e. The predicted octanol–water partition coefficient (Wildman–Crippen LogP) is 5.10. The second kappa shape index (κ2) is 6.35. The molecule has 0 bridgehead atoms. The summed E-state index contributed by atoms with van der Waals surface area (Å²) < 4.78 is 0. The molecule has 2 nitrogen and oxygen atoms in total. The van der Waals surface area contributed by atoms with Crippen LogP contribution >= 0.6 is 0 Å². The highest BCUT2D eigenvalue weighted by Gasteiger charge is 2.06. The zero-order valence-corrected chi connectivity index (χ0v) is 12.9. The molecule has 110 valence electrons. The van der Waals surface area contributed by atoms with E-state index >= 15 is 0 Å². The lowest BCUT2D eigenvalue weighted by Gasteiger charge is -2.12. The van der Waals surface area contributed by atoms with Crippen LogP contribution in [0, 0.1) is 0 Å². The number of hydrogen-bond donors (Lipinski definition) is 2. The molecule has 0 saturated carbocycles. The number of rotatable bonds is 4. The van der Waals surface area contributed by atoms with Crippen molar-refractivity contribution >= 4 is 11.4 Å². The Morgan fingerprint density at radius 1 is 0.500 bits per heavy atom. The quantitative estimate of drug-likeness (QED) is 0.697. The third-order valence-electron chi connectivity index (χ3n) is 3.90. The van der Waals surface area contributed by atoms with E-state index in [9.17, 15) is 0 Å². The zero-order chi connectivity index (χ0) is 15.4. The van der Waals surface area contributed by atoms with Gasteiger partial charge in [-0.15, -0.1) is 0 Å². The van der Waals surface area contributed by atoms with Crippen molar-refractivity contribution in [1.29, 1.82) is 0 Å². The Morgan fingerprint density at radius 2 is 0.864 bits per heavy atom. The van der Waals surface area contributed by atoms with E-state index in [1.807, 2.05) is 26.2 Å². The lowest BCUT2D eigenvalue weighted by atomic mass is 9.98. The molecule has 3 aromatic rings. The third kappa shape index (κ3) is 2.68. The summed E-state index contributed by atoms with van der Waals surface area (Å²) in [7, 11) is 3.91. The van der Waals surface area contributed by atoms with Crippen molar-refractivity contribution in [3.05, 3.63) is 72.8 Å². The van der Waals surface area contributed by atoms with Gasteiger partial charge in [0.05, 0.1) is 0 Å². The molecule has 2 N–H and O–H groups in total. The Balaban J connectivity index is 2.00. The number of para-hydroxylation sites is 2. The summed E-state index contributed by atoms with van der Waals surface area (Å²) in [6, 6.07) is 25.4. The summed E-state index contributed by atoms with van der Waals surface area (Å²) in [5, 5.41) is 6.50. The van der Waals surface area contributed by atoms with Gasteiger partial charge in [-0.05, 0) is 23.3 Å². The molecule has 22 heavy (non-hydrogen) atoms. The Kier molecular flexibility index (Phi) is 4.10. The summed E-state index contributed by atoms with van der Waals surface area (Å²) in [6.07, 6.45) is 0. The summed E-state index contributed by atoms with van der Waals surface area (Å²) in [5.74, 6) is 0. The van der Waals surface area contributed by atoms with Crippen LogP contribution in [0.25, 0.3) is 22.3 Å². The molecule has 0 spiro atoms. The fourth-order valence-corrected chi connectivity index (χ4v) is 2.74. The summed E-state index contributed by atoms with van der Waals surface area (Å²) in [6.45, 7) is 0. The fourth-order valence-electron chi connectivity index (χ4n) is 2.74. The second-order valence-electron chi connectivity index (χ2n) is 5.17. The highest BCUT2D eigenvalue weighted by Crippen LogP contribution is 2.32. The summed E-state index contributed by atoms with van der Waals surface area (Å²) in [4.78, 5) is 0. The van der Waals surface area contributed by atoms with Crippen molar-refractivity contribution in [3.8, 4) is 22.3 Å². The zero-order valence-electron chi connectivity index (χ0n) is 12.9. The summed E-state index contributed by atoms with van der Waals surface area (Å²) >= 11 is 0. The average molecular weight is 288 g/mol. The molecule has 0 heterocycles. The van der Waals surface area contributed by atoms with Crippen molar-refractivity contribution in [2.24, 2.45) is 0 Å². The lowest BCUT2D eigenvalue weighted by Crippen LogP contribution is -1.92. The van der Waals surface area contributed by atoms with Gasteiger partial charge in [-0.2, -0.15) is 0 Å². The smallest absolute Gasteiger partial charge is 0.0417 e. The van der Waals surface area contributed by atoms with Gasteiger partial charge in [0, 0.05) is 36.6 Å². The van der Waals surface area contributed by atoms with E-state index in [0.717, 1.165) is 11.4 Å². The molecule has 2 heteroatoms. The Morgan fingerprint density at radius 3 is 1.23 bits per heavy atom. The van der Waals surface area contributed by atoms with Gasteiger partial charge in [-0.25, -0.2) is 0 Å². The molecule has 0 saturated heterocycles. The molecule has 0 radical (unpaired) electrons. The first-order chi connectivity index (χ1) is 10.8. The average Bonchev–Trinajstić information content (AvgIpc) is 2.62. The Hall–Kier alpha value is -2.74. The highest BCUT2D eigenvalue weighted by atomic mass is 14.8. The number of anilines is 2. The molecule has 0 unspecified atom stereocenters. The molecule has 0 atom stereocenters. The molecule has 3 aromatic carbocycles. The first kappa shape index (κ1) is 14.2. The maximum absolute atomic E-state index is 3.25. The van der Waals surface area contributed by atoms with Crippen LogP contribution in [0.1, 0.15) is 0 Å². The van der Waals surface area contributed by atoms with Crippen LogP contribution < -0.4 is 10.6 Å². The Labute approximate surface area is 131 Å². The highest BCUT2D eigenvalue weighted by molar-refractivity contribution is 5.82. The minimum Gasteiger partial charge on any atom is -0.388 e. The number of hydrogen-bond acceptors (Lipinski definition) is 2. The van der Waals surface area contributed by atoms with E-state index < -0.39 is 0 Å². The van der Waals surface area contributed by atoms with E-state index in [2.05, 4.69) is 71.3 Å². The van der Waals surface area contributed by atoms with E-state index in [1.54, 1.807) is 0 Å². The first-order valence-electron chi connectivity index (χ1n) is 7.48. The van der Waals surface area contributed by atoms with Crippen molar-refractivity contribution in [2.45, 2.75) is 0 Å². The van der Waals surface area contributed by atoms with Crippen LogP contribution in [0.3, 0.4) is 0 Å². The van der Waals surface area contributed by atoms with Crippen molar-refractivity contribution in [1.82, 2.24) is 0 Å². The molecule has 0 aliphatic rings. The lowest BCUT2D eigenvalue weighted by molar-refractivity contribution is 1.49. The molecular formula is C20H20N2. The van der Waals surface area contributed by atoms with Crippen molar-refractivity contribution < 1.29 is 0 Å². The fraction of sp³-hybridized carbons (Fsp3) is 0.100. The third-order valence-corrected chi connectivity index (χ3v) is 3.90. The predicted molar refractivity (Wildman–Crippen MR) is 96.4 cm³/mol. The standard InChI is InChI=1S/C20H20N2/c1-21-19-9-5-3-7-17(19)15-11-13-16(14-12-15)18-8-4-6-10-20(18)22-2/h3-14,21-22H,1-2H3. The van der Waals surface area contributed by atoms with E-state index in [-0.39, 0.29) is 0 Å². The molecule has 0 aliphatic heterocycles. The largest absolute Gasteiger partial charge is 0.388 e.